The van der Waals surface area contributed by atoms with Crippen LogP contribution in [-0.2, 0) is 0 Å². The number of rotatable bonds is 4. The second-order valence-corrected chi connectivity index (χ2v) is 7.49. The van der Waals surface area contributed by atoms with Crippen LogP contribution in [0, 0.1) is 20.2 Å². The fraction of sp³-hybridized carbons (Fsp3) is 0.222. The Morgan fingerprint density at radius 2 is 1.79 bits per heavy atom. The number of benzene rings is 2. The van der Waals surface area contributed by atoms with E-state index in [2.05, 4.69) is 4.98 Å². The number of nitrogens with zero attached hydrogens (tertiary/aromatic N) is 4. The minimum Gasteiger partial charge on any atom is -0.329 e. The highest BCUT2D eigenvalue weighted by Gasteiger charge is 2.34. The molecule has 1 atom stereocenters. The molecule has 1 fully saturated rings. The van der Waals surface area contributed by atoms with Crippen molar-refractivity contribution in [3.8, 4) is 0 Å². The van der Waals surface area contributed by atoms with Gasteiger partial charge in [0, 0.05) is 18.7 Å². The van der Waals surface area contributed by atoms with E-state index in [4.69, 9.17) is 0 Å². The predicted molar refractivity (Wildman–Crippen MR) is 102 cm³/mol. The summed E-state index contributed by atoms with van der Waals surface area (Å²) >= 11 is 1.51. The van der Waals surface area contributed by atoms with Gasteiger partial charge in [-0.2, -0.15) is 0 Å². The van der Waals surface area contributed by atoms with Gasteiger partial charge in [-0.15, -0.1) is 11.3 Å². The lowest BCUT2D eigenvalue weighted by Gasteiger charge is -2.23. The number of carbonyl (C=O) groups excluding carboxylic acids is 1. The maximum Gasteiger partial charge on any atom is 0.277 e. The van der Waals surface area contributed by atoms with E-state index in [9.17, 15) is 25.0 Å². The summed E-state index contributed by atoms with van der Waals surface area (Å²) in [5.41, 5.74) is -0.164. The van der Waals surface area contributed by atoms with Gasteiger partial charge in [-0.1, -0.05) is 12.1 Å². The van der Waals surface area contributed by atoms with Crippen LogP contribution in [-0.4, -0.2) is 32.2 Å². The van der Waals surface area contributed by atoms with E-state index in [1.165, 1.54) is 11.3 Å². The van der Waals surface area contributed by atoms with Crippen molar-refractivity contribution in [2.24, 2.45) is 0 Å². The third kappa shape index (κ3) is 3.18. The molecule has 142 valence electrons. The molecule has 1 aliphatic heterocycles. The Morgan fingerprint density at radius 3 is 2.43 bits per heavy atom. The maximum atomic E-state index is 13.1. The zero-order valence-corrected chi connectivity index (χ0v) is 15.3. The van der Waals surface area contributed by atoms with Gasteiger partial charge in [0.1, 0.15) is 5.01 Å². The standard InChI is InChI=1S/C18H14N4O5S/c23-18(11-8-12(21(24)25)10-13(9-11)22(26)27)20-7-3-5-15(20)17-19-14-4-1-2-6-16(14)28-17/h1-2,4,6,8-10,15H,3,5,7H2. The van der Waals surface area contributed by atoms with E-state index in [0.29, 0.717) is 6.54 Å². The number of hydrogen-bond acceptors (Lipinski definition) is 7. The quantitative estimate of drug-likeness (QED) is 0.482. The van der Waals surface area contributed by atoms with E-state index in [1.807, 2.05) is 24.3 Å². The number of likely N-dealkylation sites (tertiary alicyclic amines) is 1. The first-order chi connectivity index (χ1) is 13.4. The number of non-ortho nitro benzene ring substituents is 2. The first-order valence-electron chi connectivity index (χ1n) is 8.54. The molecule has 0 aliphatic carbocycles. The monoisotopic (exact) mass is 398 g/mol. The Bertz CT molecular complexity index is 1050. The van der Waals surface area contributed by atoms with Crippen LogP contribution in [0.2, 0.25) is 0 Å². The number of nitro groups is 2. The molecule has 1 unspecified atom stereocenters. The highest BCUT2D eigenvalue weighted by Crippen LogP contribution is 2.37. The van der Waals surface area contributed by atoms with Gasteiger partial charge in [0.2, 0.25) is 0 Å². The molecule has 1 aromatic heterocycles. The summed E-state index contributed by atoms with van der Waals surface area (Å²) in [6.07, 6.45) is 1.49. The van der Waals surface area contributed by atoms with Gasteiger partial charge in [-0.05, 0) is 25.0 Å². The third-order valence-corrected chi connectivity index (χ3v) is 5.82. The van der Waals surface area contributed by atoms with Crippen molar-refractivity contribution in [1.82, 2.24) is 9.88 Å². The zero-order valence-electron chi connectivity index (χ0n) is 14.5. The van der Waals surface area contributed by atoms with Gasteiger partial charge in [0.05, 0.1) is 37.7 Å². The fourth-order valence-electron chi connectivity index (χ4n) is 3.39. The van der Waals surface area contributed by atoms with Gasteiger partial charge in [0.15, 0.2) is 0 Å². The molecule has 1 amide bonds. The topological polar surface area (TPSA) is 119 Å². The second kappa shape index (κ2) is 6.97. The summed E-state index contributed by atoms with van der Waals surface area (Å²) in [5, 5.41) is 23.0. The SMILES string of the molecule is O=C(c1cc([N+](=O)[O-])cc([N+](=O)[O-])c1)N1CCCC1c1nc2ccccc2s1. The van der Waals surface area contributed by atoms with Gasteiger partial charge in [-0.3, -0.25) is 25.0 Å². The van der Waals surface area contributed by atoms with Crippen LogP contribution in [0.1, 0.15) is 34.2 Å². The minimum absolute atomic E-state index is 0.0612. The van der Waals surface area contributed by atoms with Crippen molar-refractivity contribution in [3.05, 3.63) is 73.3 Å². The summed E-state index contributed by atoms with van der Waals surface area (Å²) in [7, 11) is 0. The fourth-order valence-corrected chi connectivity index (χ4v) is 4.51. The lowest BCUT2D eigenvalue weighted by molar-refractivity contribution is -0.394. The van der Waals surface area contributed by atoms with E-state index < -0.39 is 27.1 Å². The number of para-hydroxylation sites is 1. The summed E-state index contributed by atoms with van der Waals surface area (Å²) < 4.78 is 1.02. The van der Waals surface area contributed by atoms with Crippen LogP contribution in [0.3, 0.4) is 0 Å². The molecule has 0 spiro atoms. The number of hydrogen-bond donors (Lipinski definition) is 0. The molecular weight excluding hydrogens is 384 g/mol. The number of carbonyl (C=O) groups is 1. The number of fused-ring (bicyclic) bond motifs is 1. The summed E-state index contributed by atoms with van der Waals surface area (Å²) in [4.78, 5) is 40.0. The summed E-state index contributed by atoms with van der Waals surface area (Å²) in [6, 6.07) is 10.5. The first-order valence-corrected chi connectivity index (χ1v) is 9.36. The van der Waals surface area contributed by atoms with Gasteiger partial charge >= 0.3 is 0 Å². The molecule has 9 nitrogen and oxygen atoms in total. The van der Waals surface area contributed by atoms with Gasteiger partial charge in [0.25, 0.3) is 17.3 Å². The number of thiazole rings is 1. The van der Waals surface area contributed by atoms with Crippen molar-refractivity contribution in [2.45, 2.75) is 18.9 Å². The molecule has 0 radical (unpaired) electrons. The average molecular weight is 398 g/mol. The number of nitro benzene ring substituents is 2. The largest absolute Gasteiger partial charge is 0.329 e. The van der Waals surface area contributed by atoms with Crippen molar-refractivity contribution in [3.63, 3.8) is 0 Å². The summed E-state index contributed by atoms with van der Waals surface area (Å²) in [5.74, 6) is -0.464. The Morgan fingerprint density at radius 1 is 1.11 bits per heavy atom. The lowest BCUT2D eigenvalue weighted by Crippen LogP contribution is -2.30. The molecule has 3 aromatic rings. The minimum atomic E-state index is -0.737. The Kier molecular flexibility index (Phi) is 4.47. The van der Waals surface area contributed by atoms with Crippen LogP contribution in [0.4, 0.5) is 11.4 Å². The highest BCUT2D eigenvalue weighted by atomic mass is 32.1. The molecule has 2 aromatic carbocycles. The average Bonchev–Trinajstić information content (AvgIpc) is 3.33. The van der Waals surface area contributed by atoms with Crippen molar-refractivity contribution in [2.75, 3.05) is 6.54 Å². The molecule has 10 heteroatoms. The van der Waals surface area contributed by atoms with Crippen LogP contribution in [0.15, 0.2) is 42.5 Å². The second-order valence-electron chi connectivity index (χ2n) is 6.43. The van der Waals surface area contributed by atoms with Crippen LogP contribution >= 0.6 is 11.3 Å². The summed E-state index contributed by atoms with van der Waals surface area (Å²) in [6.45, 7) is 0.468. The Hall–Kier alpha value is -3.40. The van der Waals surface area contributed by atoms with Crippen molar-refractivity contribution in [1.29, 1.82) is 0 Å². The molecular formula is C18H14N4O5S. The van der Waals surface area contributed by atoms with E-state index >= 15 is 0 Å². The highest BCUT2D eigenvalue weighted by molar-refractivity contribution is 7.18. The third-order valence-electron chi connectivity index (χ3n) is 4.68. The van der Waals surface area contributed by atoms with E-state index in [-0.39, 0.29) is 11.6 Å². The molecule has 1 saturated heterocycles. The van der Waals surface area contributed by atoms with Crippen molar-refractivity contribution >= 4 is 38.8 Å². The normalized spacial score (nSPS) is 16.4. The molecule has 2 heterocycles. The molecule has 0 bridgehead atoms. The lowest BCUT2D eigenvalue weighted by atomic mass is 10.1. The van der Waals surface area contributed by atoms with Crippen LogP contribution in [0.5, 0.6) is 0 Å². The first kappa shape index (κ1) is 18.0. The van der Waals surface area contributed by atoms with E-state index in [0.717, 1.165) is 46.3 Å². The Balaban J connectivity index is 1.70. The molecule has 1 aliphatic rings. The predicted octanol–water partition coefficient (Wildman–Crippen LogP) is 4.09. The van der Waals surface area contributed by atoms with Crippen molar-refractivity contribution < 1.29 is 14.6 Å². The number of amides is 1. The Labute approximate surface area is 162 Å². The smallest absolute Gasteiger partial charge is 0.277 e. The van der Waals surface area contributed by atoms with Gasteiger partial charge < -0.3 is 4.90 Å². The van der Waals surface area contributed by atoms with Crippen LogP contribution < -0.4 is 0 Å². The number of aromatic nitrogens is 1. The molecule has 0 N–H and O–H groups in total. The molecule has 4 rings (SSSR count). The molecule has 0 saturated carbocycles. The van der Waals surface area contributed by atoms with Gasteiger partial charge in [-0.25, -0.2) is 4.98 Å². The molecule has 28 heavy (non-hydrogen) atoms. The van der Waals surface area contributed by atoms with Crippen LogP contribution in [0.25, 0.3) is 10.2 Å². The van der Waals surface area contributed by atoms with E-state index in [1.54, 1.807) is 4.90 Å². The maximum absolute atomic E-state index is 13.1. The zero-order chi connectivity index (χ0) is 19.8.